The molecule has 0 bridgehead atoms. The quantitative estimate of drug-likeness (QED) is 0.883. The molecule has 0 radical (unpaired) electrons. The molecule has 1 N–H and O–H groups in total. The SMILES string of the molecule is CCOc1ccccc1C1(O)CCC(C)C(C)C1. The molecule has 1 aliphatic carbocycles. The Morgan fingerprint density at radius 2 is 2.00 bits per heavy atom. The minimum absolute atomic E-state index is 0.554. The first-order chi connectivity index (χ1) is 8.57. The molecule has 1 saturated carbocycles. The van der Waals surface area contributed by atoms with Crippen LogP contribution in [0.25, 0.3) is 0 Å². The van der Waals surface area contributed by atoms with Crippen LogP contribution in [0.3, 0.4) is 0 Å². The Morgan fingerprint density at radius 3 is 2.67 bits per heavy atom. The Labute approximate surface area is 110 Å². The van der Waals surface area contributed by atoms with Gasteiger partial charge in [-0.1, -0.05) is 32.0 Å². The van der Waals surface area contributed by atoms with E-state index in [1.165, 1.54) is 0 Å². The van der Waals surface area contributed by atoms with E-state index in [0.29, 0.717) is 18.4 Å². The van der Waals surface area contributed by atoms with Crippen LogP contribution in [0.2, 0.25) is 0 Å². The second kappa shape index (κ2) is 5.31. The van der Waals surface area contributed by atoms with E-state index < -0.39 is 5.60 Å². The number of hydrogen-bond donors (Lipinski definition) is 1. The van der Waals surface area contributed by atoms with Crippen LogP contribution >= 0.6 is 0 Å². The van der Waals surface area contributed by atoms with Gasteiger partial charge in [-0.25, -0.2) is 0 Å². The van der Waals surface area contributed by atoms with Gasteiger partial charge in [-0.15, -0.1) is 0 Å². The molecule has 2 rings (SSSR count). The van der Waals surface area contributed by atoms with Crippen molar-refractivity contribution in [2.24, 2.45) is 11.8 Å². The average molecular weight is 248 g/mol. The van der Waals surface area contributed by atoms with Crippen LogP contribution in [0.4, 0.5) is 0 Å². The van der Waals surface area contributed by atoms with Crippen LogP contribution in [-0.2, 0) is 5.60 Å². The summed E-state index contributed by atoms with van der Waals surface area (Å²) in [6.07, 6.45) is 2.75. The molecule has 0 aromatic heterocycles. The summed E-state index contributed by atoms with van der Waals surface area (Å²) in [5.41, 5.74) is 0.253. The van der Waals surface area contributed by atoms with E-state index in [1.807, 2.05) is 31.2 Å². The van der Waals surface area contributed by atoms with E-state index in [4.69, 9.17) is 4.74 Å². The van der Waals surface area contributed by atoms with E-state index in [-0.39, 0.29) is 0 Å². The van der Waals surface area contributed by atoms with Crippen LogP contribution in [0.1, 0.15) is 45.6 Å². The number of hydrogen-bond acceptors (Lipinski definition) is 2. The Bertz CT molecular complexity index is 402. The third-order valence-corrected chi connectivity index (χ3v) is 4.33. The van der Waals surface area contributed by atoms with Crippen molar-refractivity contribution in [1.82, 2.24) is 0 Å². The summed E-state index contributed by atoms with van der Waals surface area (Å²) >= 11 is 0. The van der Waals surface area contributed by atoms with Crippen molar-refractivity contribution in [3.8, 4) is 5.75 Å². The zero-order chi connectivity index (χ0) is 13.2. The molecule has 3 atom stereocenters. The van der Waals surface area contributed by atoms with Crippen molar-refractivity contribution >= 4 is 0 Å². The zero-order valence-corrected chi connectivity index (χ0v) is 11.6. The van der Waals surface area contributed by atoms with Crippen LogP contribution in [0, 0.1) is 11.8 Å². The number of ether oxygens (including phenoxy) is 1. The molecular weight excluding hydrogens is 224 g/mol. The first kappa shape index (κ1) is 13.4. The topological polar surface area (TPSA) is 29.5 Å². The fraction of sp³-hybridized carbons (Fsp3) is 0.625. The van der Waals surface area contributed by atoms with Gasteiger partial charge in [0.15, 0.2) is 0 Å². The molecule has 0 saturated heterocycles. The first-order valence-electron chi connectivity index (χ1n) is 7.01. The number of para-hydroxylation sites is 1. The van der Waals surface area contributed by atoms with Crippen molar-refractivity contribution in [2.75, 3.05) is 6.61 Å². The summed E-state index contributed by atoms with van der Waals surface area (Å²) < 4.78 is 5.66. The van der Waals surface area contributed by atoms with Gasteiger partial charge in [0, 0.05) is 5.56 Å². The highest BCUT2D eigenvalue weighted by atomic mass is 16.5. The van der Waals surface area contributed by atoms with Crippen LogP contribution < -0.4 is 4.74 Å². The second-order valence-corrected chi connectivity index (χ2v) is 5.66. The second-order valence-electron chi connectivity index (χ2n) is 5.66. The van der Waals surface area contributed by atoms with Gasteiger partial charge in [-0.2, -0.15) is 0 Å². The summed E-state index contributed by atoms with van der Waals surface area (Å²) in [7, 11) is 0. The molecule has 2 nitrogen and oxygen atoms in total. The van der Waals surface area contributed by atoms with Gasteiger partial charge in [0.05, 0.1) is 12.2 Å². The monoisotopic (exact) mass is 248 g/mol. The molecule has 0 spiro atoms. The molecule has 1 fully saturated rings. The van der Waals surface area contributed by atoms with Gasteiger partial charge in [0.25, 0.3) is 0 Å². The van der Waals surface area contributed by atoms with Crippen molar-refractivity contribution < 1.29 is 9.84 Å². The van der Waals surface area contributed by atoms with Crippen LogP contribution in [0.5, 0.6) is 5.75 Å². The van der Waals surface area contributed by atoms with Crippen molar-refractivity contribution in [3.05, 3.63) is 29.8 Å². The van der Waals surface area contributed by atoms with Gasteiger partial charge >= 0.3 is 0 Å². The smallest absolute Gasteiger partial charge is 0.125 e. The van der Waals surface area contributed by atoms with E-state index >= 15 is 0 Å². The maximum absolute atomic E-state index is 11.0. The fourth-order valence-electron chi connectivity index (χ4n) is 2.96. The van der Waals surface area contributed by atoms with Crippen molar-refractivity contribution in [2.45, 2.75) is 45.6 Å². The first-order valence-corrected chi connectivity index (χ1v) is 7.01. The van der Waals surface area contributed by atoms with Gasteiger partial charge in [0.2, 0.25) is 0 Å². The van der Waals surface area contributed by atoms with Crippen molar-refractivity contribution in [3.63, 3.8) is 0 Å². The highest BCUT2D eigenvalue weighted by molar-refractivity contribution is 5.38. The molecule has 18 heavy (non-hydrogen) atoms. The molecule has 0 amide bonds. The number of aliphatic hydroxyl groups is 1. The van der Waals surface area contributed by atoms with E-state index in [1.54, 1.807) is 0 Å². The van der Waals surface area contributed by atoms with Crippen molar-refractivity contribution in [1.29, 1.82) is 0 Å². The van der Waals surface area contributed by atoms with E-state index in [2.05, 4.69) is 13.8 Å². The highest BCUT2D eigenvalue weighted by Gasteiger charge is 2.38. The van der Waals surface area contributed by atoms with E-state index in [0.717, 1.165) is 30.6 Å². The summed E-state index contributed by atoms with van der Waals surface area (Å²) in [4.78, 5) is 0. The minimum Gasteiger partial charge on any atom is -0.493 e. The molecular formula is C16H24O2. The summed E-state index contributed by atoms with van der Waals surface area (Å²) in [6.45, 7) is 7.13. The molecule has 0 aliphatic heterocycles. The lowest BCUT2D eigenvalue weighted by Crippen LogP contribution is -2.35. The summed E-state index contributed by atoms with van der Waals surface area (Å²) in [5, 5.41) is 11.0. The van der Waals surface area contributed by atoms with Gasteiger partial charge in [-0.05, 0) is 44.1 Å². The Hall–Kier alpha value is -1.02. The molecule has 1 aromatic carbocycles. The predicted molar refractivity (Wildman–Crippen MR) is 73.7 cm³/mol. The summed E-state index contributed by atoms with van der Waals surface area (Å²) in [5.74, 6) is 2.09. The highest BCUT2D eigenvalue weighted by Crippen LogP contribution is 2.45. The lowest BCUT2D eigenvalue weighted by atomic mass is 9.70. The maximum Gasteiger partial charge on any atom is 0.125 e. The Kier molecular flexibility index (Phi) is 3.96. The Balaban J connectivity index is 2.29. The molecule has 0 heterocycles. The zero-order valence-electron chi connectivity index (χ0n) is 11.6. The molecule has 1 aliphatic rings. The van der Waals surface area contributed by atoms with E-state index in [9.17, 15) is 5.11 Å². The fourth-order valence-corrected chi connectivity index (χ4v) is 2.96. The maximum atomic E-state index is 11.0. The van der Waals surface area contributed by atoms with Crippen LogP contribution in [0.15, 0.2) is 24.3 Å². The lowest BCUT2D eigenvalue weighted by molar-refractivity contribution is -0.0353. The minimum atomic E-state index is -0.711. The normalized spacial score (nSPS) is 32.2. The van der Waals surface area contributed by atoms with Gasteiger partial charge in [0.1, 0.15) is 5.75 Å². The third-order valence-electron chi connectivity index (χ3n) is 4.33. The third kappa shape index (κ3) is 2.54. The van der Waals surface area contributed by atoms with Gasteiger partial charge in [-0.3, -0.25) is 0 Å². The number of benzene rings is 1. The summed E-state index contributed by atoms with van der Waals surface area (Å²) in [6, 6.07) is 7.92. The molecule has 1 aromatic rings. The predicted octanol–water partition coefficient (Wildman–Crippen LogP) is 3.73. The average Bonchev–Trinajstić information content (AvgIpc) is 2.35. The standard InChI is InChI=1S/C16H24O2/c1-4-18-15-8-6-5-7-14(15)16(17)10-9-12(2)13(3)11-16/h5-8,12-13,17H,4,9-11H2,1-3H3. The Morgan fingerprint density at radius 1 is 1.28 bits per heavy atom. The van der Waals surface area contributed by atoms with Crippen LogP contribution in [-0.4, -0.2) is 11.7 Å². The number of rotatable bonds is 3. The largest absolute Gasteiger partial charge is 0.493 e. The molecule has 3 unspecified atom stereocenters. The molecule has 2 heteroatoms. The molecule has 100 valence electrons. The van der Waals surface area contributed by atoms with Gasteiger partial charge < -0.3 is 9.84 Å². The lowest BCUT2D eigenvalue weighted by Gasteiger charge is -2.40.